The molecule has 25 heavy (non-hydrogen) atoms. The Balaban J connectivity index is 1.64. The zero-order chi connectivity index (χ0) is 17.8. The van der Waals surface area contributed by atoms with Crippen LogP contribution in [0.25, 0.3) is 0 Å². The van der Waals surface area contributed by atoms with Gasteiger partial charge in [0.2, 0.25) is 5.91 Å². The van der Waals surface area contributed by atoms with Crippen LogP contribution in [0.5, 0.6) is 5.75 Å². The number of hydrogen-bond donors (Lipinski definition) is 1. The van der Waals surface area contributed by atoms with Crippen LogP contribution in [0.1, 0.15) is 12.8 Å². The number of para-hydroxylation sites is 2. The average molecular weight is 344 g/mol. The van der Waals surface area contributed by atoms with Gasteiger partial charge >= 0.3 is 5.97 Å². The van der Waals surface area contributed by atoms with Crippen molar-refractivity contribution in [2.45, 2.75) is 12.8 Å². The first kappa shape index (κ1) is 17.3. The molecule has 1 amide bonds. The van der Waals surface area contributed by atoms with Crippen LogP contribution in [-0.2, 0) is 9.59 Å². The molecule has 0 bridgehead atoms. The van der Waals surface area contributed by atoms with Crippen LogP contribution in [0.2, 0.25) is 0 Å². The molecule has 3 rings (SSSR count). The number of rotatable bonds is 4. The van der Waals surface area contributed by atoms with E-state index in [2.05, 4.69) is 4.90 Å². The van der Waals surface area contributed by atoms with Crippen LogP contribution in [0.4, 0.5) is 5.69 Å². The number of hydrogen-bond acceptors (Lipinski definition) is 4. The van der Waals surface area contributed by atoms with Crippen LogP contribution in [0.15, 0.2) is 36.4 Å². The fourth-order valence-electron chi connectivity index (χ4n) is 3.65. The number of piperazine rings is 1. The van der Waals surface area contributed by atoms with Gasteiger partial charge in [0.15, 0.2) is 0 Å². The average Bonchev–Trinajstić information content (AvgIpc) is 2.67. The Morgan fingerprint density at radius 1 is 1.04 bits per heavy atom. The summed E-state index contributed by atoms with van der Waals surface area (Å²) in [4.78, 5) is 28.3. The van der Waals surface area contributed by atoms with Gasteiger partial charge in [0.25, 0.3) is 0 Å². The molecule has 1 aromatic rings. The van der Waals surface area contributed by atoms with Crippen LogP contribution < -0.4 is 9.64 Å². The van der Waals surface area contributed by atoms with E-state index in [1.807, 2.05) is 41.3 Å². The monoisotopic (exact) mass is 344 g/mol. The fraction of sp³-hybridized carbons (Fsp3) is 0.474. The lowest BCUT2D eigenvalue weighted by atomic mass is 9.82. The van der Waals surface area contributed by atoms with Crippen molar-refractivity contribution in [1.82, 2.24) is 4.90 Å². The van der Waals surface area contributed by atoms with Gasteiger partial charge in [-0.05, 0) is 25.0 Å². The highest BCUT2D eigenvalue weighted by Crippen LogP contribution is 2.30. The van der Waals surface area contributed by atoms with Crippen molar-refractivity contribution in [3.63, 3.8) is 0 Å². The smallest absolute Gasteiger partial charge is 0.307 e. The van der Waals surface area contributed by atoms with Crippen LogP contribution in [0.3, 0.4) is 0 Å². The van der Waals surface area contributed by atoms with Crippen molar-refractivity contribution in [3.05, 3.63) is 36.4 Å². The second-order valence-electron chi connectivity index (χ2n) is 6.48. The van der Waals surface area contributed by atoms with E-state index in [1.54, 1.807) is 7.11 Å². The van der Waals surface area contributed by atoms with Crippen molar-refractivity contribution in [2.24, 2.45) is 11.8 Å². The molecule has 134 valence electrons. The third kappa shape index (κ3) is 3.62. The van der Waals surface area contributed by atoms with Crippen molar-refractivity contribution in [2.75, 3.05) is 38.2 Å². The third-order valence-electron chi connectivity index (χ3n) is 5.08. The molecule has 0 saturated carbocycles. The number of anilines is 1. The van der Waals surface area contributed by atoms with Crippen molar-refractivity contribution >= 4 is 17.6 Å². The highest BCUT2D eigenvalue weighted by Gasteiger charge is 2.37. The van der Waals surface area contributed by atoms with Gasteiger partial charge in [-0.3, -0.25) is 9.59 Å². The number of carboxylic acid groups (broad SMARTS) is 1. The predicted molar refractivity (Wildman–Crippen MR) is 94.8 cm³/mol. The Morgan fingerprint density at radius 3 is 2.32 bits per heavy atom. The van der Waals surface area contributed by atoms with Crippen molar-refractivity contribution < 1.29 is 19.4 Å². The Morgan fingerprint density at radius 2 is 1.68 bits per heavy atom. The second-order valence-corrected chi connectivity index (χ2v) is 6.48. The van der Waals surface area contributed by atoms with Gasteiger partial charge in [-0.1, -0.05) is 24.3 Å². The maximum atomic E-state index is 12.8. The minimum absolute atomic E-state index is 0.0311. The van der Waals surface area contributed by atoms with E-state index < -0.39 is 17.8 Å². The molecule has 1 heterocycles. The maximum absolute atomic E-state index is 12.8. The van der Waals surface area contributed by atoms with E-state index in [9.17, 15) is 14.7 Å². The normalized spacial score (nSPS) is 23.4. The SMILES string of the molecule is COc1ccccc1N1CCN(C(=O)[C@H]2CC=CC[C@H]2C(=O)O)CC1. The summed E-state index contributed by atoms with van der Waals surface area (Å²) in [5, 5.41) is 9.38. The lowest BCUT2D eigenvalue weighted by Gasteiger charge is -2.39. The molecule has 2 aliphatic rings. The topological polar surface area (TPSA) is 70.1 Å². The molecular weight excluding hydrogens is 320 g/mol. The standard InChI is InChI=1S/C19H24N2O4/c1-25-17-9-5-4-8-16(17)20-10-12-21(13-11-20)18(22)14-6-2-3-7-15(14)19(23)24/h2-5,8-9,14-15H,6-7,10-13H2,1H3,(H,23,24)/t14-,15+/m0/s1. The molecule has 6 heteroatoms. The van der Waals surface area contributed by atoms with E-state index in [1.165, 1.54) is 0 Å². The quantitative estimate of drug-likeness (QED) is 0.846. The summed E-state index contributed by atoms with van der Waals surface area (Å²) in [6.07, 6.45) is 4.74. The number of aliphatic carboxylic acids is 1. The van der Waals surface area contributed by atoms with E-state index in [0.29, 0.717) is 39.0 Å². The number of carbonyl (C=O) groups excluding carboxylic acids is 1. The molecule has 1 aliphatic carbocycles. The Bertz CT molecular complexity index is 665. The molecule has 6 nitrogen and oxygen atoms in total. The Labute approximate surface area is 147 Å². The largest absolute Gasteiger partial charge is 0.495 e. The molecule has 2 atom stereocenters. The molecule has 1 saturated heterocycles. The summed E-state index contributed by atoms with van der Waals surface area (Å²) in [6.45, 7) is 2.63. The number of carboxylic acids is 1. The van der Waals surface area contributed by atoms with Gasteiger partial charge < -0.3 is 19.6 Å². The first-order valence-corrected chi connectivity index (χ1v) is 8.66. The molecule has 1 N–H and O–H groups in total. The summed E-state index contributed by atoms with van der Waals surface area (Å²) in [6, 6.07) is 7.85. The van der Waals surface area contributed by atoms with Crippen LogP contribution in [0, 0.1) is 11.8 Å². The lowest BCUT2D eigenvalue weighted by molar-refractivity contribution is -0.150. The first-order valence-electron chi connectivity index (χ1n) is 8.66. The van der Waals surface area contributed by atoms with Gasteiger partial charge in [-0.25, -0.2) is 0 Å². The van der Waals surface area contributed by atoms with Crippen molar-refractivity contribution in [1.29, 1.82) is 0 Å². The molecule has 0 radical (unpaired) electrons. The fourth-order valence-corrected chi connectivity index (χ4v) is 3.65. The van der Waals surface area contributed by atoms with Gasteiger partial charge in [0.05, 0.1) is 24.6 Å². The van der Waals surface area contributed by atoms with Crippen molar-refractivity contribution in [3.8, 4) is 5.75 Å². The van der Waals surface area contributed by atoms with Crippen LogP contribution >= 0.6 is 0 Å². The highest BCUT2D eigenvalue weighted by atomic mass is 16.5. The highest BCUT2D eigenvalue weighted by molar-refractivity contribution is 5.85. The zero-order valence-electron chi connectivity index (χ0n) is 14.4. The minimum Gasteiger partial charge on any atom is -0.495 e. The number of nitrogens with zero attached hydrogens (tertiary/aromatic N) is 2. The summed E-state index contributed by atoms with van der Waals surface area (Å²) in [5.41, 5.74) is 1.03. The predicted octanol–water partition coefficient (Wildman–Crippen LogP) is 2.01. The Kier molecular flexibility index (Phi) is 5.26. The summed E-state index contributed by atoms with van der Waals surface area (Å²) in [5.74, 6) is -1.14. The molecule has 1 fully saturated rings. The molecule has 0 aromatic heterocycles. The number of ether oxygens (including phenoxy) is 1. The van der Waals surface area contributed by atoms with E-state index in [4.69, 9.17) is 4.74 Å². The zero-order valence-corrected chi connectivity index (χ0v) is 14.4. The van der Waals surface area contributed by atoms with Gasteiger partial charge in [0, 0.05) is 26.2 Å². The van der Waals surface area contributed by atoms with Gasteiger partial charge in [0.1, 0.15) is 5.75 Å². The summed E-state index contributed by atoms with van der Waals surface area (Å²) >= 11 is 0. The van der Waals surface area contributed by atoms with Crippen LogP contribution in [-0.4, -0.2) is 55.2 Å². The number of amides is 1. The second kappa shape index (κ2) is 7.59. The number of allylic oxidation sites excluding steroid dienone is 2. The lowest BCUT2D eigenvalue weighted by Crippen LogP contribution is -2.52. The molecule has 0 unspecified atom stereocenters. The molecular formula is C19H24N2O4. The maximum Gasteiger partial charge on any atom is 0.307 e. The van der Waals surface area contributed by atoms with E-state index >= 15 is 0 Å². The number of benzene rings is 1. The van der Waals surface area contributed by atoms with Gasteiger partial charge in [-0.2, -0.15) is 0 Å². The summed E-state index contributed by atoms with van der Waals surface area (Å²) in [7, 11) is 1.65. The Hall–Kier alpha value is -2.50. The molecule has 0 spiro atoms. The van der Waals surface area contributed by atoms with Gasteiger partial charge in [-0.15, -0.1) is 0 Å². The van der Waals surface area contributed by atoms with E-state index in [0.717, 1.165) is 11.4 Å². The number of carbonyl (C=O) groups is 2. The first-order chi connectivity index (χ1) is 12.1. The van der Waals surface area contributed by atoms with E-state index in [-0.39, 0.29) is 5.91 Å². The minimum atomic E-state index is -0.879. The summed E-state index contributed by atoms with van der Waals surface area (Å²) < 4.78 is 5.41. The third-order valence-corrected chi connectivity index (χ3v) is 5.08. The number of methoxy groups -OCH3 is 1. The molecule has 1 aliphatic heterocycles. The molecule has 1 aromatic carbocycles.